The molecular weight excluding hydrogens is 1310 g/mol. The largest absolute Gasteiger partial charge is 0.378 e. The van der Waals surface area contributed by atoms with Gasteiger partial charge in [-0.1, -0.05) is 243 Å². The van der Waals surface area contributed by atoms with E-state index in [0.29, 0.717) is 0 Å². The van der Waals surface area contributed by atoms with Crippen LogP contribution in [0.4, 0.5) is 22.7 Å². The number of nitrogens with one attached hydrogen (secondary N) is 2. The van der Waals surface area contributed by atoms with Crippen molar-refractivity contribution in [3.05, 3.63) is 291 Å². The summed E-state index contributed by atoms with van der Waals surface area (Å²) in [5, 5.41) is 22.7. The van der Waals surface area contributed by atoms with Gasteiger partial charge in [-0.15, -0.1) is 0 Å². The molecule has 2 N–H and O–H groups in total. The van der Waals surface area contributed by atoms with E-state index >= 15 is 0 Å². The summed E-state index contributed by atoms with van der Waals surface area (Å²) in [6.45, 7) is 0. The predicted molar refractivity (Wildman–Crippen MR) is 464 cm³/mol. The molecule has 108 heavy (non-hydrogen) atoms. The van der Waals surface area contributed by atoms with Crippen LogP contribution in [0.2, 0.25) is 0 Å². The maximum absolute atomic E-state index is 6.68. The van der Waals surface area contributed by atoms with Crippen LogP contribution in [0.5, 0.6) is 0 Å². The fourth-order valence-corrected chi connectivity index (χ4v) is 18.3. The van der Waals surface area contributed by atoms with E-state index in [1.807, 2.05) is 0 Å². The third-order valence-corrected chi connectivity index (χ3v) is 23.3. The maximum Gasteiger partial charge on any atom is 0.0822 e. The van der Waals surface area contributed by atoms with Gasteiger partial charge in [0, 0.05) is 145 Å². The SMILES string of the molecule is CN(C)c1ccc(-c2c3nc(c(-c4ccc(N(C)C)cc4)c4[nH]c(c(-c5ccc(N(C)C)cc5)c5nc(c(-c6ccc(N(C)C)cc6)c6[nH]c2c2c7ccccc7c7ccccc7c62)-c2c-5c5ccccc5c5ccccc25)c2c5ccccc5c5ccccc5c42)-c2c-3c3ccccc3c3ccccc23)cc1. The van der Waals surface area contributed by atoms with Gasteiger partial charge in [-0.2, -0.15) is 0 Å². The molecule has 18 aromatic rings. The van der Waals surface area contributed by atoms with Crippen LogP contribution in [0.3, 0.4) is 0 Å². The Hall–Kier alpha value is -13.6. The molecule has 1 aliphatic carbocycles. The minimum absolute atomic E-state index is 0.870. The van der Waals surface area contributed by atoms with E-state index in [2.05, 4.69) is 377 Å². The van der Waals surface area contributed by atoms with Gasteiger partial charge in [0.05, 0.1) is 44.8 Å². The Balaban J connectivity index is 1.16. The molecule has 2 aromatic heterocycles. The molecule has 21 rings (SSSR count). The van der Waals surface area contributed by atoms with Crippen LogP contribution in [0, 0.1) is 0 Å². The first-order chi connectivity index (χ1) is 52.9. The minimum Gasteiger partial charge on any atom is -0.378 e. The zero-order valence-electron chi connectivity index (χ0n) is 61.4. The van der Waals surface area contributed by atoms with E-state index in [1.165, 1.54) is 0 Å². The number of anilines is 4. The Labute approximate surface area is 625 Å². The van der Waals surface area contributed by atoms with Gasteiger partial charge >= 0.3 is 0 Å². The van der Waals surface area contributed by atoms with Crippen LogP contribution in [0.1, 0.15) is 0 Å². The monoisotopic (exact) mass is 1390 g/mol. The molecule has 0 unspecified atom stereocenters. The fourth-order valence-electron chi connectivity index (χ4n) is 18.3. The summed E-state index contributed by atoms with van der Waals surface area (Å²) in [4.78, 5) is 31.3. The Bertz CT molecular complexity index is 6400. The van der Waals surface area contributed by atoms with Crippen molar-refractivity contribution in [3.8, 4) is 89.5 Å². The maximum atomic E-state index is 6.68. The molecule has 4 heterocycles. The van der Waals surface area contributed by atoms with E-state index in [-0.39, 0.29) is 0 Å². The van der Waals surface area contributed by atoms with Crippen molar-refractivity contribution in [2.75, 3.05) is 76.0 Å². The minimum atomic E-state index is 0.870. The molecule has 0 radical (unpaired) electrons. The number of aromatic amines is 2. The molecule has 514 valence electrons. The summed E-state index contributed by atoms with van der Waals surface area (Å²) in [7, 11) is 17.0. The number of benzene rings is 16. The van der Waals surface area contributed by atoms with Crippen molar-refractivity contribution in [2.45, 2.75) is 0 Å². The molecule has 2 aliphatic heterocycles. The third-order valence-electron chi connectivity index (χ3n) is 23.3. The van der Waals surface area contributed by atoms with E-state index in [0.717, 1.165) is 242 Å². The smallest absolute Gasteiger partial charge is 0.0822 e. The summed E-state index contributed by atoms with van der Waals surface area (Å²) in [5.74, 6) is 0. The van der Waals surface area contributed by atoms with Crippen molar-refractivity contribution in [1.82, 2.24) is 19.9 Å². The summed E-state index contributed by atoms with van der Waals surface area (Å²) in [6, 6.07) is 109. The second-order valence-electron chi connectivity index (χ2n) is 30.0. The van der Waals surface area contributed by atoms with Crippen LogP contribution in [-0.4, -0.2) is 76.3 Å². The van der Waals surface area contributed by atoms with E-state index in [1.54, 1.807) is 0 Å². The third kappa shape index (κ3) is 9.16. The van der Waals surface area contributed by atoms with Gasteiger partial charge in [0.2, 0.25) is 0 Å². The molecule has 0 atom stereocenters. The number of hydrogen-bond donors (Lipinski definition) is 2. The molecule has 3 aliphatic rings. The molecule has 8 bridgehead atoms. The zero-order valence-corrected chi connectivity index (χ0v) is 61.4. The molecule has 8 heteroatoms. The molecule has 0 spiro atoms. The van der Waals surface area contributed by atoms with Crippen LogP contribution < -0.4 is 19.6 Å². The Morgan fingerprint density at radius 2 is 0.333 bits per heavy atom. The van der Waals surface area contributed by atoms with Gasteiger partial charge in [0.1, 0.15) is 0 Å². The molecule has 8 nitrogen and oxygen atoms in total. The average Bonchev–Trinajstić information content (AvgIpc) is 1.53. The lowest BCUT2D eigenvalue weighted by atomic mass is 9.85. The quantitative estimate of drug-likeness (QED) is 0.148. The van der Waals surface area contributed by atoms with Gasteiger partial charge in [0.25, 0.3) is 0 Å². The van der Waals surface area contributed by atoms with E-state index in [9.17, 15) is 0 Å². The summed E-state index contributed by atoms with van der Waals surface area (Å²) >= 11 is 0. The lowest BCUT2D eigenvalue weighted by molar-refractivity contribution is 1.13. The summed E-state index contributed by atoms with van der Waals surface area (Å²) < 4.78 is 0. The number of H-pyrrole nitrogens is 2. The van der Waals surface area contributed by atoms with Crippen molar-refractivity contribution < 1.29 is 0 Å². The highest BCUT2D eigenvalue weighted by Crippen LogP contribution is 2.59. The van der Waals surface area contributed by atoms with Gasteiger partial charge in [-0.3, -0.25) is 0 Å². The summed E-state index contributed by atoms with van der Waals surface area (Å²) in [5.41, 5.74) is 24.0. The standard InChI is InChI=1S/C100H74N8/c1-105(2)61-49-41-57(42-50-61)81-93-85-73-33-17-9-25-65(73)67-27-11-19-35-75(67)87(85)95(101-93)82(58-43-51-62(52-44-58)106(3)4)97-89-77-37-21-13-29-69(77)71-31-15-23-39-79(71)91(89)99(103-97)84(60-47-55-64(56-48-60)108(7)8)100-92-80-40-24-16-32-72(80)70-30-14-22-38-78(70)90(92)98(104-100)83(59-45-53-63(54-46-59)107(5)6)96-88-76-36-20-12-28-68(76)66-26-10-18-34-74(66)86(88)94(81)102-96/h9-56,101,104H,1-8H3. The normalized spacial score (nSPS) is 12.1. The van der Waals surface area contributed by atoms with Crippen molar-refractivity contribution in [3.63, 3.8) is 0 Å². The Morgan fingerprint density at radius 1 is 0.176 bits per heavy atom. The molecule has 0 amide bonds. The number of nitrogens with zero attached hydrogens (tertiary/aromatic N) is 6. The van der Waals surface area contributed by atoms with Crippen molar-refractivity contribution in [2.24, 2.45) is 0 Å². The second kappa shape index (κ2) is 24.0. The highest BCUT2D eigenvalue weighted by atomic mass is 15.1. The highest BCUT2D eigenvalue weighted by molar-refractivity contribution is 6.40. The Kier molecular flexibility index (Phi) is 14.0. The lowest BCUT2D eigenvalue weighted by Crippen LogP contribution is -2.07. The van der Waals surface area contributed by atoms with Crippen molar-refractivity contribution >= 4 is 153 Å². The van der Waals surface area contributed by atoms with Crippen LogP contribution >= 0.6 is 0 Å². The van der Waals surface area contributed by atoms with Crippen LogP contribution in [-0.2, 0) is 0 Å². The van der Waals surface area contributed by atoms with Crippen molar-refractivity contribution in [1.29, 1.82) is 0 Å². The fraction of sp³-hybridized carbons (Fsp3) is 0.0800. The van der Waals surface area contributed by atoms with Crippen LogP contribution in [0.25, 0.3) is 219 Å². The van der Waals surface area contributed by atoms with E-state index in [4.69, 9.17) is 9.97 Å². The van der Waals surface area contributed by atoms with E-state index < -0.39 is 0 Å². The van der Waals surface area contributed by atoms with Gasteiger partial charge < -0.3 is 29.6 Å². The lowest BCUT2D eigenvalue weighted by Gasteiger charge is -2.16. The second-order valence-corrected chi connectivity index (χ2v) is 30.0. The zero-order chi connectivity index (χ0) is 72.5. The number of fused-ring (bicyclic) bond motifs is 12. The van der Waals surface area contributed by atoms with Gasteiger partial charge in [-0.25, -0.2) is 9.97 Å². The molecule has 0 saturated carbocycles. The highest BCUT2D eigenvalue weighted by Gasteiger charge is 2.36. The average molecular weight is 1390 g/mol. The summed E-state index contributed by atoms with van der Waals surface area (Å²) in [6.07, 6.45) is 0. The molecular formula is C100H74N8. The molecule has 16 aromatic carbocycles. The first-order valence-corrected chi connectivity index (χ1v) is 37.3. The van der Waals surface area contributed by atoms with Gasteiger partial charge in [-0.05, 0) is 157 Å². The van der Waals surface area contributed by atoms with Crippen LogP contribution in [0.15, 0.2) is 291 Å². The molecule has 0 fully saturated rings. The van der Waals surface area contributed by atoms with Gasteiger partial charge in [0.15, 0.2) is 0 Å². The number of hydrogen-bond acceptors (Lipinski definition) is 6. The molecule has 0 saturated heterocycles. The predicted octanol–water partition coefficient (Wildman–Crippen LogP) is 25.4. The first kappa shape index (κ1) is 63.0. The number of aromatic nitrogens is 4. The Morgan fingerprint density at radius 3 is 0.509 bits per heavy atom. The first-order valence-electron chi connectivity index (χ1n) is 37.3. The topological polar surface area (TPSA) is 70.3 Å². The number of rotatable bonds is 8.